The molecule has 0 N–H and O–H groups in total. The summed E-state index contributed by atoms with van der Waals surface area (Å²) >= 11 is 0. The Bertz CT molecular complexity index is 670. The summed E-state index contributed by atoms with van der Waals surface area (Å²) < 4.78 is 67.4. The number of piperidine rings is 1. The van der Waals surface area contributed by atoms with E-state index in [4.69, 9.17) is 4.52 Å². The molecular weight excluding hydrogens is 347 g/mol. The largest absolute Gasteiger partial charge is 0.390 e. The smallest absolute Gasteiger partial charge is 0.339 e. The predicted molar refractivity (Wildman–Crippen MR) is 78.7 cm³/mol. The number of rotatable bonds is 6. The highest BCUT2D eigenvalue weighted by Crippen LogP contribution is 2.38. The molecule has 1 unspecified atom stereocenters. The topological polar surface area (TPSA) is 76.3 Å². The van der Waals surface area contributed by atoms with Crippen LogP contribution < -0.4 is 0 Å². The van der Waals surface area contributed by atoms with Crippen molar-refractivity contribution in [3.8, 4) is 0 Å². The van der Waals surface area contributed by atoms with E-state index < -0.39 is 28.4 Å². The van der Waals surface area contributed by atoms with Gasteiger partial charge in [-0.15, -0.1) is 0 Å². The number of alkyl halides is 3. The van der Waals surface area contributed by atoms with Crippen LogP contribution in [0.1, 0.15) is 49.7 Å². The van der Waals surface area contributed by atoms with E-state index in [1.807, 2.05) is 0 Å². The molecule has 0 amide bonds. The lowest BCUT2D eigenvalue weighted by atomic mass is 9.96. The van der Waals surface area contributed by atoms with Crippen molar-refractivity contribution in [3.63, 3.8) is 0 Å². The normalized spacial score (nSPS) is 23.5. The van der Waals surface area contributed by atoms with Gasteiger partial charge in [0.05, 0.1) is 12.2 Å². The van der Waals surface area contributed by atoms with E-state index in [1.165, 1.54) is 4.31 Å². The monoisotopic (exact) mass is 367 g/mol. The minimum absolute atomic E-state index is 0.00749. The number of hydrogen-bond acceptors (Lipinski definition) is 5. The first kappa shape index (κ1) is 17.7. The van der Waals surface area contributed by atoms with Crippen molar-refractivity contribution in [3.05, 3.63) is 11.7 Å². The van der Waals surface area contributed by atoms with Crippen LogP contribution in [0.25, 0.3) is 0 Å². The maximum Gasteiger partial charge on any atom is 0.390 e. The summed E-state index contributed by atoms with van der Waals surface area (Å²) in [4.78, 5) is 4.33. The third-order valence-electron chi connectivity index (χ3n) is 4.41. The molecule has 0 radical (unpaired) electrons. The van der Waals surface area contributed by atoms with E-state index in [-0.39, 0.29) is 19.0 Å². The van der Waals surface area contributed by atoms with Crippen LogP contribution in [0.2, 0.25) is 0 Å². The second-order valence-electron chi connectivity index (χ2n) is 6.57. The molecule has 0 spiro atoms. The first-order valence-corrected chi connectivity index (χ1v) is 9.71. The standard InChI is InChI=1S/C14H20F3N3O3S/c15-14(16,17)5-7-24(21,22)20-6-1-2-10(9-20)8-12-18-13(19-23-12)11-3-4-11/h10-11H,1-9H2. The van der Waals surface area contributed by atoms with Crippen LogP contribution in [0.15, 0.2) is 4.52 Å². The molecule has 3 rings (SSSR count). The second kappa shape index (κ2) is 6.62. The van der Waals surface area contributed by atoms with Gasteiger partial charge in [-0.2, -0.15) is 18.2 Å². The maximum absolute atomic E-state index is 12.3. The van der Waals surface area contributed by atoms with Gasteiger partial charge < -0.3 is 4.52 Å². The Balaban J connectivity index is 1.56. The van der Waals surface area contributed by atoms with Crippen LogP contribution in [0.4, 0.5) is 13.2 Å². The van der Waals surface area contributed by atoms with Crippen LogP contribution in [0.5, 0.6) is 0 Å². The third kappa shape index (κ3) is 4.69. The molecule has 136 valence electrons. The fourth-order valence-corrected chi connectivity index (χ4v) is 4.52. The Morgan fingerprint density at radius 3 is 2.67 bits per heavy atom. The molecule has 1 aromatic rings. The minimum Gasteiger partial charge on any atom is -0.339 e. The highest BCUT2D eigenvalue weighted by molar-refractivity contribution is 7.89. The first-order chi connectivity index (χ1) is 11.2. The predicted octanol–water partition coefficient (Wildman–Crippen LogP) is 2.48. The number of aromatic nitrogens is 2. The molecule has 1 aromatic heterocycles. The molecular formula is C14H20F3N3O3S. The minimum atomic E-state index is -4.47. The molecule has 1 aliphatic heterocycles. The highest BCUT2D eigenvalue weighted by atomic mass is 32.2. The fourth-order valence-electron chi connectivity index (χ4n) is 2.93. The zero-order chi connectivity index (χ0) is 17.4. The van der Waals surface area contributed by atoms with Gasteiger partial charge in [0, 0.05) is 25.4 Å². The average Bonchev–Trinajstić information content (AvgIpc) is 3.26. The molecule has 2 fully saturated rings. The van der Waals surface area contributed by atoms with Crippen molar-refractivity contribution in [2.75, 3.05) is 18.8 Å². The van der Waals surface area contributed by atoms with Gasteiger partial charge in [-0.25, -0.2) is 12.7 Å². The molecule has 1 saturated carbocycles. The van der Waals surface area contributed by atoms with Gasteiger partial charge in [0.15, 0.2) is 5.82 Å². The lowest BCUT2D eigenvalue weighted by molar-refractivity contribution is -0.130. The number of halogens is 3. The van der Waals surface area contributed by atoms with Crippen LogP contribution in [-0.4, -0.2) is 47.9 Å². The maximum atomic E-state index is 12.3. The summed E-state index contributed by atoms with van der Waals surface area (Å²) in [5.74, 6) is 0.669. The van der Waals surface area contributed by atoms with Crippen LogP contribution >= 0.6 is 0 Å². The van der Waals surface area contributed by atoms with Crippen LogP contribution in [-0.2, 0) is 16.4 Å². The molecule has 2 aliphatic rings. The van der Waals surface area contributed by atoms with Crippen molar-refractivity contribution in [1.82, 2.24) is 14.4 Å². The summed E-state index contributed by atoms with van der Waals surface area (Å²) in [7, 11) is -3.89. The first-order valence-electron chi connectivity index (χ1n) is 8.10. The molecule has 1 atom stereocenters. The van der Waals surface area contributed by atoms with E-state index in [9.17, 15) is 21.6 Å². The third-order valence-corrected chi connectivity index (χ3v) is 6.25. The van der Waals surface area contributed by atoms with E-state index >= 15 is 0 Å². The molecule has 1 saturated heterocycles. The second-order valence-corrected chi connectivity index (χ2v) is 8.66. The van der Waals surface area contributed by atoms with Crippen LogP contribution in [0.3, 0.4) is 0 Å². The van der Waals surface area contributed by atoms with Gasteiger partial charge in [-0.1, -0.05) is 5.16 Å². The summed E-state index contributed by atoms with van der Waals surface area (Å²) in [5, 5.41) is 3.92. The fraction of sp³-hybridized carbons (Fsp3) is 0.857. The Morgan fingerprint density at radius 2 is 2.00 bits per heavy atom. The van der Waals surface area contributed by atoms with Crippen molar-refractivity contribution in [2.24, 2.45) is 5.92 Å². The Kier molecular flexibility index (Phi) is 4.87. The Hall–Kier alpha value is -1.16. The zero-order valence-electron chi connectivity index (χ0n) is 13.1. The van der Waals surface area contributed by atoms with Gasteiger partial charge in [0.25, 0.3) is 0 Å². The molecule has 0 bridgehead atoms. The number of nitrogens with zero attached hydrogens (tertiary/aromatic N) is 3. The van der Waals surface area contributed by atoms with E-state index in [0.29, 0.717) is 30.5 Å². The quantitative estimate of drug-likeness (QED) is 0.772. The lowest BCUT2D eigenvalue weighted by Gasteiger charge is -2.31. The molecule has 1 aliphatic carbocycles. The highest BCUT2D eigenvalue weighted by Gasteiger charge is 2.35. The van der Waals surface area contributed by atoms with Crippen molar-refractivity contribution in [2.45, 2.75) is 50.6 Å². The molecule has 6 nitrogen and oxygen atoms in total. The Morgan fingerprint density at radius 1 is 1.25 bits per heavy atom. The van der Waals surface area contributed by atoms with Crippen LogP contribution in [0, 0.1) is 5.92 Å². The molecule has 2 heterocycles. The number of hydrogen-bond donors (Lipinski definition) is 0. The van der Waals surface area contributed by atoms with Crippen molar-refractivity contribution in [1.29, 1.82) is 0 Å². The molecule has 10 heteroatoms. The average molecular weight is 367 g/mol. The van der Waals surface area contributed by atoms with E-state index in [0.717, 1.165) is 19.3 Å². The van der Waals surface area contributed by atoms with E-state index in [2.05, 4.69) is 10.1 Å². The Labute approximate surface area is 138 Å². The van der Waals surface area contributed by atoms with Gasteiger partial charge in [0.1, 0.15) is 0 Å². The molecule has 24 heavy (non-hydrogen) atoms. The van der Waals surface area contributed by atoms with Gasteiger partial charge in [-0.05, 0) is 31.6 Å². The summed E-state index contributed by atoms with van der Waals surface area (Å²) in [6.07, 6.45) is -1.77. The molecule has 0 aromatic carbocycles. The van der Waals surface area contributed by atoms with Crippen molar-refractivity contribution >= 4 is 10.0 Å². The SMILES string of the molecule is O=S(=O)(CCC(F)(F)F)N1CCCC(Cc2nc(C3CC3)no2)C1. The van der Waals surface area contributed by atoms with Crippen molar-refractivity contribution < 1.29 is 26.1 Å². The summed E-state index contributed by atoms with van der Waals surface area (Å²) in [6, 6.07) is 0. The number of sulfonamides is 1. The van der Waals surface area contributed by atoms with Gasteiger partial charge in [-0.3, -0.25) is 0 Å². The summed E-state index contributed by atoms with van der Waals surface area (Å²) in [5.41, 5.74) is 0. The zero-order valence-corrected chi connectivity index (χ0v) is 13.9. The lowest BCUT2D eigenvalue weighted by Crippen LogP contribution is -2.42. The summed E-state index contributed by atoms with van der Waals surface area (Å²) in [6.45, 7) is 0.481. The van der Waals surface area contributed by atoms with E-state index in [1.54, 1.807) is 0 Å². The van der Waals surface area contributed by atoms with Gasteiger partial charge >= 0.3 is 6.18 Å². The van der Waals surface area contributed by atoms with Gasteiger partial charge in [0.2, 0.25) is 15.9 Å².